The van der Waals surface area contributed by atoms with E-state index < -0.39 is 0 Å². The standard InChI is InChI=1S/C15H23FN2/c1-10-7-13(16)9-14(8-10)18-6-5-15(17-4)11(2)12(18)3/h7-9,11-12,15,17H,5-6H2,1-4H3. The Morgan fingerprint density at radius 2 is 2.00 bits per heavy atom. The highest BCUT2D eigenvalue weighted by molar-refractivity contribution is 5.50. The highest BCUT2D eigenvalue weighted by Crippen LogP contribution is 2.29. The fourth-order valence-electron chi connectivity index (χ4n) is 3.02. The van der Waals surface area contributed by atoms with Crippen molar-refractivity contribution in [2.75, 3.05) is 18.5 Å². The summed E-state index contributed by atoms with van der Waals surface area (Å²) in [5.41, 5.74) is 2.00. The van der Waals surface area contributed by atoms with Gasteiger partial charge in [-0.05, 0) is 57.0 Å². The smallest absolute Gasteiger partial charge is 0.125 e. The van der Waals surface area contributed by atoms with E-state index in [1.807, 2.05) is 14.0 Å². The zero-order chi connectivity index (χ0) is 13.3. The van der Waals surface area contributed by atoms with Crippen molar-refractivity contribution in [2.45, 2.75) is 39.3 Å². The second kappa shape index (κ2) is 5.27. The van der Waals surface area contributed by atoms with Crippen LogP contribution < -0.4 is 10.2 Å². The largest absolute Gasteiger partial charge is 0.368 e. The molecule has 18 heavy (non-hydrogen) atoms. The first kappa shape index (κ1) is 13.3. The van der Waals surface area contributed by atoms with Crippen molar-refractivity contribution < 1.29 is 4.39 Å². The van der Waals surface area contributed by atoms with Crippen LogP contribution in [-0.2, 0) is 0 Å². The molecule has 1 N–H and O–H groups in total. The van der Waals surface area contributed by atoms with Gasteiger partial charge in [0.25, 0.3) is 0 Å². The van der Waals surface area contributed by atoms with Gasteiger partial charge in [-0.3, -0.25) is 0 Å². The number of rotatable bonds is 2. The predicted molar refractivity (Wildman–Crippen MR) is 74.6 cm³/mol. The lowest BCUT2D eigenvalue weighted by molar-refractivity contribution is 0.282. The predicted octanol–water partition coefficient (Wildman–Crippen LogP) is 2.96. The van der Waals surface area contributed by atoms with Crippen LogP contribution in [0.3, 0.4) is 0 Å². The van der Waals surface area contributed by atoms with Gasteiger partial charge >= 0.3 is 0 Å². The van der Waals surface area contributed by atoms with E-state index in [0.717, 1.165) is 24.2 Å². The number of halogens is 1. The lowest BCUT2D eigenvalue weighted by atomic mass is 9.86. The molecule has 1 aromatic rings. The van der Waals surface area contributed by atoms with Crippen LogP contribution in [0.4, 0.5) is 10.1 Å². The van der Waals surface area contributed by atoms with Crippen molar-refractivity contribution in [1.29, 1.82) is 0 Å². The molecule has 3 unspecified atom stereocenters. The third-order valence-electron chi connectivity index (χ3n) is 4.30. The Morgan fingerprint density at radius 1 is 1.28 bits per heavy atom. The van der Waals surface area contributed by atoms with Crippen molar-refractivity contribution in [3.63, 3.8) is 0 Å². The second-order valence-corrected chi connectivity index (χ2v) is 5.46. The van der Waals surface area contributed by atoms with Gasteiger partial charge in [0.1, 0.15) is 5.82 Å². The van der Waals surface area contributed by atoms with Gasteiger partial charge < -0.3 is 10.2 Å². The zero-order valence-corrected chi connectivity index (χ0v) is 11.7. The Bertz CT molecular complexity index is 399. The molecular weight excluding hydrogens is 227 g/mol. The van der Waals surface area contributed by atoms with E-state index in [1.165, 1.54) is 0 Å². The van der Waals surface area contributed by atoms with E-state index in [0.29, 0.717) is 18.0 Å². The summed E-state index contributed by atoms with van der Waals surface area (Å²) >= 11 is 0. The van der Waals surface area contributed by atoms with E-state index in [1.54, 1.807) is 12.1 Å². The second-order valence-electron chi connectivity index (χ2n) is 5.46. The highest BCUT2D eigenvalue weighted by Gasteiger charge is 2.31. The summed E-state index contributed by atoms with van der Waals surface area (Å²) in [6.07, 6.45) is 1.11. The lowest BCUT2D eigenvalue weighted by Crippen LogP contribution is -2.52. The van der Waals surface area contributed by atoms with Gasteiger partial charge in [-0.2, -0.15) is 0 Å². The third kappa shape index (κ3) is 2.51. The molecule has 100 valence electrons. The molecule has 0 saturated carbocycles. The quantitative estimate of drug-likeness (QED) is 0.868. The first-order chi connectivity index (χ1) is 8.52. The number of nitrogens with zero attached hydrogens (tertiary/aromatic N) is 1. The summed E-state index contributed by atoms with van der Waals surface area (Å²) < 4.78 is 13.5. The molecule has 0 aliphatic carbocycles. The first-order valence-electron chi connectivity index (χ1n) is 6.74. The maximum atomic E-state index is 13.5. The normalized spacial score (nSPS) is 28.5. The van der Waals surface area contributed by atoms with Crippen molar-refractivity contribution >= 4 is 5.69 Å². The van der Waals surface area contributed by atoms with E-state index in [-0.39, 0.29) is 5.82 Å². The van der Waals surface area contributed by atoms with Crippen molar-refractivity contribution in [3.8, 4) is 0 Å². The average Bonchev–Trinajstić information content (AvgIpc) is 2.31. The number of nitrogens with one attached hydrogen (secondary N) is 1. The fraction of sp³-hybridized carbons (Fsp3) is 0.600. The van der Waals surface area contributed by atoms with E-state index in [9.17, 15) is 4.39 Å². The van der Waals surface area contributed by atoms with Crippen LogP contribution >= 0.6 is 0 Å². The molecule has 1 aliphatic rings. The number of aryl methyl sites for hydroxylation is 1. The fourth-order valence-corrected chi connectivity index (χ4v) is 3.02. The van der Waals surface area contributed by atoms with Crippen LogP contribution in [0.5, 0.6) is 0 Å². The topological polar surface area (TPSA) is 15.3 Å². The lowest BCUT2D eigenvalue weighted by Gasteiger charge is -2.44. The van der Waals surface area contributed by atoms with Crippen LogP contribution in [0.2, 0.25) is 0 Å². The number of piperidine rings is 1. The number of hydrogen-bond donors (Lipinski definition) is 1. The molecule has 0 bridgehead atoms. The Morgan fingerprint density at radius 3 is 2.61 bits per heavy atom. The zero-order valence-electron chi connectivity index (χ0n) is 11.7. The van der Waals surface area contributed by atoms with Gasteiger partial charge in [0.05, 0.1) is 0 Å². The summed E-state index contributed by atoms with van der Waals surface area (Å²) in [6, 6.07) is 6.29. The Balaban J connectivity index is 2.23. The SMILES string of the molecule is CNC1CCN(c2cc(C)cc(F)c2)C(C)C1C. The van der Waals surface area contributed by atoms with Crippen LogP contribution in [-0.4, -0.2) is 25.7 Å². The van der Waals surface area contributed by atoms with Crippen molar-refractivity contribution in [1.82, 2.24) is 5.32 Å². The molecule has 0 amide bonds. The first-order valence-corrected chi connectivity index (χ1v) is 6.74. The summed E-state index contributed by atoms with van der Waals surface area (Å²) in [6.45, 7) is 7.43. The molecule has 0 radical (unpaired) electrons. The van der Waals surface area contributed by atoms with E-state index >= 15 is 0 Å². The maximum absolute atomic E-state index is 13.5. The van der Waals surface area contributed by atoms with Gasteiger partial charge in [-0.1, -0.05) is 6.92 Å². The van der Waals surface area contributed by atoms with Crippen LogP contribution in [0.15, 0.2) is 18.2 Å². The van der Waals surface area contributed by atoms with Gasteiger partial charge in [-0.25, -0.2) is 4.39 Å². The van der Waals surface area contributed by atoms with Gasteiger partial charge in [0.15, 0.2) is 0 Å². The van der Waals surface area contributed by atoms with Crippen molar-refractivity contribution in [2.24, 2.45) is 5.92 Å². The summed E-state index contributed by atoms with van der Waals surface area (Å²) in [5.74, 6) is 0.424. The van der Waals surface area contributed by atoms with Crippen LogP contribution in [0.25, 0.3) is 0 Å². The average molecular weight is 250 g/mol. The minimum atomic E-state index is -0.138. The molecule has 3 heteroatoms. The summed E-state index contributed by atoms with van der Waals surface area (Å²) in [4.78, 5) is 2.33. The molecule has 1 aliphatic heterocycles. The monoisotopic (exact) mass is 250 g/mol. The van der Waals surface area contributed by atoms with Gasteiger partial charge in [0.2, 0.25) is 0 Å². The number of anilines is 1. The Kier molecular flexibility index (Phi) is 3.91. The molecule has 1 aromatic carbocycles. The third-order valence-corrected chi connectivity index (χ3v) is 4.30. The minimum absolute atomic E-state index is 0.138. The number of benzene rings is 1. The van der Waals surface area contributed by atoms with Gasteiger partial charge in [-0.15, -0.1) is 0 Å². The molecular formula is C15H23FN2. The van der Waals surface area contributed by atoms with Crippen LogP contribution in [0.1, 0.15) is 25.8 Å². The minimum Gasteiger partial charge on any atom is -0.368 e. The van der Waals surface area contributed by atoms with E-state index in [4.69, 9.17) is 0 Å². The highest BCUT2D eigenvalue weighted by atomic mass is 19.1. The van der Waals surface area contributed by atoms with Crippen molar-refractivity contribution in [3.05, 3.63) is 29.6 Å². The molecule has 1 saturated heterocycles. The maximum Gasteiger partial charge on any atom is 0.125 e. The Labute approximate surface area is 109 Å². The molecule has 1 heterocycles. The molecule has 0 aromatic heterocycles. The molecule has 2 rings (SSSR count). The number of hydrogen-bond acceptors (Lipinski definition) is 2. The molecule has 0 spiro atoms. The molecule has 3 atom stereocenters. The molecule has 2 nitrogen and oxygen atoms in total. The molecule has 1 fully saturated rings. The van der Waals surface area contributed by atoms with Gasteiger partial charge in [0, 0.05) is 24.3 Å². The summed E-state index contributed by atoms with van der Waals surface area (Å²) in [5, 5.41) is 3.38. The van der Waals surface area contributed by atoms with E-state index in [2.05, 4.69) is 30.1 Å². The summed E-state index contributed by atoms with van der Waals surface area (Å²) in [7, 11) is 2.02. The Hall–Kier alpha value is -1.09. The van der Waals surface area contributed by atoms with Crippen LogP contribution in [0, 0.1) is 18.7 Å².